The predicted octanol–water partition coefficient (Wildman–Crippen LogP) is 3.05. The molecule has 25 heavy (non-hydrogen) atoms. The maximum atomic E-state index is 6.05. The molecule has 2 aliphatic rings. The van der Waals surface area contributed by atoms with Crippen LogP contribution >= 0.6 is 12.4 Å². The van der Waals surface area contributed by atoms with Gasteiger partial charge in [0.25, 0.3) is 0 Å². The first-order chi connectivity index (χ1) is 11.8. The minimum atomic E-state index is 0. The smallest absolute Gasteiger partial charge is 0.161 e. The van der Waals surface area contributed by atoms with Crippen LogP contribution in [0, 0.1) is 5.92 Å². The van der Waals surface area contributed by atoms with Gasteiger partial charge in [-0.15, -0.1) is 12.4 Å². The maximum absolute atomic E-state index is 6.05. The second kappa shape index (κ2) is 8.09. The first kappa shape index (κ1) is 18.1. The highest BCUT2D eigenvalue weighted by Gasteiger charge is 2.32. The first-order valence-electron chi connectivity index (χ1n) is 8.69. The van der Waals surface area contributed by atoms with E-state index in [0.29, 0.717) is 25.0 Å². The average Bonchev–Trinajstić information content (AvgIpc) is 3.05. The molecule has 4 rings (SSSR count). The van der Waals surface area contributed by atoms with Crippen LogP contribution in [0.15, 0.2) is 48.5 Å². The fourth-order valence-electron chi connectivity index (χ4n) is 3.85. The Morgan fingerprint density at radius 3 is 2.48 bits per heavy atom. The van der Waals surface area contributed by atoms with Gasteiger partial charge in [-0.3, -0.25) is 4.90 Å². The molecule has 0 aliphatic carbocycles. The van der Waals surface area contributed by atoms with E-state index in [1.807, 2.05) is 6.07 Å². The summed E-state index contributed by atoms with van der Waals surface area (Å²) in [5.41, 5.74) is 8.71. The Kier molecular flexibility index (Phi) is 5.84. The molecule has 2 N–H and O–H groups in total. The van der Waals surface area contributed by atoms with Gasteiger partial charge in [-0.25, -0.2) is 0 Å². The number of nitrogens with two attached hydrogens (primary N) is 1. The molecule has 0 radical (unpaired) electrons. The third-order valence-corrected chi connectivity index (χ3v) is 5.06. The van der Waals surface area contributed by atoms with Crippen LogP contribution in [0.5, 0.6) is 11.5 Å². The molecule has 2 aromatic rings. The van der Waals surface area contributed by atoms with Gasteiger partial charge >= 0.3 is 0 Å². The Labute approximate surface area is 155 Å². The van der Waals surface area contributed by atoms with Gasteiger partial charge in [-0.1, -0.05) is 36.4 Å². The summed E-state index contributed by atoms with van der Waals surface area (Å²) < 4.78 is 11.3. The van der Waals surface area contributed by atoms with Gasteiger partial charge in [-0.05, 0) is 35.7 Å². The lowest BCUT2D eigenvalue weighted by molar-refractivity contribution is 0.171. The highest BCUT2D eigenvalue weighted by Crippen LogP contribution is 2.35. The van der Waals surface area contributed by atoms with Crippen LogP contribution in [0.25, 0.3) is 0 Å². The first-order valence-corrected chi connectivity index (χ1v) is 8.69. The third-order valence-electron chi connectivity index (χ3n) is 5.06. The molecule has 1 saturated heterocycles. The summed E-state index contributed by atoms with van der Waals surface area (Å²) >= 11 is 0. The van der Waals surface area contributed by atoms with Crippen molar-refractivity contribution < 1.29 is 9.47 Å². The zero-order valence-corrected chi connectivity index (χ0v) is 15.1. The summed E-state index contributed by atoms with van der Waals surface area (Å²) in [6.45, 7) is 5.03. The van der Waals surface area contributed by atoms with E-state index in [2.05, 4.69) is 47.4 Å². The summed E-state index contributed by atoms with van der Waals surface area (Å²) in [7, 11) is 0. The predicted molar refractivity (Wildman–Crippen MR) is 102 cm³/mol. The summed E-state index contributed by atoms with van der Waals surface area (Å²) in [6.07, 6.45) is 0. The molecule has 0 amide bonds. The van der Waals surface area contributed by atoms with Crippen molar-refractivity contribution in [2.45, 2.75) is 12.5 Å². The number of fused-ring (bicyclic) bond motifs is 1. The van der Waals surface area contributed by atoms with Gasteiger partial charge in [0.05, 0.1) is 0 Å². The van der Waals surface area contributed by atoms with E-state index in [4.69, 9.17) is 15.2 Å². The Morgan fingerprint density at radius 1 is 0.960 bits per heavy atom. The van der Waals surface area contributed by atoms with Gasteiger partial charge in [0.2, 0.25) is 0 Å². The molecule has 5 heteroatoms. The number of hydrogen-bond donors (Lipinski definition) is 1. The van der Waals surface area contributed by atoms with E-state index in [9.17, 15) is 0 Å². The van der Waals surface area contributed by atoms with Gasteiger partial charge in [0, 0.05) is 25.6 Å². The van der Waals surface area contributed by atoms with Crippen molar-refractivity contribution in [3.05, 3.63) is 59.7 Å². The normalized spacial score (nSPS) is 22.4. The fourth-order valence-corrected chi connectivity index (χ4v) is 3.85. The number of ether oxygens (including phenoxy) is 2. The molecule has 2 heterocycles. The van der Waals surface area contributed by atoms with E-state index in [-0.39, 0.29) is 12.4 Å². The van der Waals surface area contributed by atoms with E-state index >= 15 is 0 Å². The topological polar surface area (TPSA) is 47.7 Å². The third kappa shape index (κ3) is 3.92. The monoisotopic (exact) mass is 360 g/mol. The molecular formula is C20H25ClN2O2. The Hall–Kier alpha value is -1.75. The highest BCUT2D eigenvalue weighted by molar-refractivity contribution is 5.85. The van der Waals surface area contributed by atoms with Gasteiger partial charge in [-0.2, -0.15) is 0 Å². The van der Waals surface area contributed by atoms with Crippen LogP contribution in [-0.4, -0.2) is 37.7 Å². The van der Waals surface area contributed by atoms with Crippen LogP contribution in [0.3, 0.4) is 0 Å². The van der Waals surface area contributed by atoms with Gasteiger partial charge < -0.3 is 15.2 Å². The molecule has 0 saturated carbocycles. The molecule has 2 atom stereocenters. The molecule has 0 spiro atoms. The Bertz CT molecular complexity index is 695. The largest absolute Gasteiger partial charge is 0.486 e. The molecule has 0 aromatic heterocycles. The average molecular weight is 361 g/mol. The molecular weight excluding hydrogens is 336 g/mol. The minimum absolute atomic E-state index is 0. The lowest BCUT2D eigenvalue weighted by Gasteiger charge is -2.21. The quantitative estimate of drug-likeness (QED) is 0.910. The van der Waals surface area contributed by atoms with Crippen LogP contribution in [-0.2, 0) is 6.54 Å². The van der Waals surface area contributed by atoms with Crippen molar-refractivity contribution in [3.63, 3.8) is 0 Å². The van der Waals surface area contributed by atoms with Gasteiger partial charge in [0.1, 0.15) is 13.2 Å². The van der Waals surface area contributed by atoms with Crippen LogP contribution in [0.4, 0.5) is 0 Å². The van der Waals surface area contributed by atoms with Gasteiger partial charge in [0.15, 0.2) is 11.5 Å². The van der Waals surface area contributed by atoms with Crippen LogP contribution in [0.2, 0.25) is 0 Å². The number of rotatable bonds is 4. The molecule has 2 aromatic carbocycles. The van der Waals surface area contributed by atoms with Crippen molar-refractivity contribution in [3.8, 4) is 11.5 Å². The van der Waals surface area contributed by atoms with Crippen LogP contribution in [0.1, 0.15) is 17.0 Å². The number of halogens is 1. The summed E-state index contributed by atoms with van der Waals surface area (Å²) in [5.74, 6) is 2.76. The Balaban J connectivity index is 0.00000182. The van der Waals surface area contributed by atoms with Crippen molar-refractivity contribution in [1.29, 1.82) is 0 Å². The molecule has 2 aliphatic heterocycles. The zero-order chi connectivity index (χ0) is 16.4. The summed E-state index contributed by atoms with van der Waals surface area (Å²) in [4.78, 5) is 2.50. The second-order valence-electron chi connectivity index (χ2n) is 6.69. The van der Waals surface area contributed by atoms with Crippen molar-refractivity contribution >= 4 is 12.4 Å². The van der Waals surface area contributed by atoms with E-state index in [1.54, 1.807) is 0 Å². The lowest BCUT2D eigenvalue weighted by atomic mass is 9.89. The number of hydrogen-bond acceptors (Lipinski definition) is 4. The van der Waals surface area contributed by atoms with Crippen molar-refractivity contribution in [2.75, 3.05) is 32.8 Å². The zero-order valence-electron chi connectivity index (χ0n) is 14.3. The SMILES string of the molecule is Cl.NC[C@@H]1CN(Cc2ccc3c(c2)OCCO3)C[C@H]1c1ccccc1. The highest BCUT2D eigenvalue weighted by atomic mass is 35.5. The van der Waals surface area contributed by atoms with E-state index < -0.39 is 0 Å². The summed E-state index contributed by atoms with van der Waals surface area (Å²) in [5, 5.41) is 0. The number of benzene rings is 2. The number of likely N-dealkylation sites (tertiary alicyclic amines) is 1. The Morgan fingerprint density at radius 2 is 1.72 bits per heavy atom. The molecule has 1 fully saturated rings. The number of nitrogens with zero attached hydrogens (tertiary/aromatic N) is 1. The lowest BCUT2D eigenvalue weighted by Crippen LogP contribution is -2.23. The fraction of sp³-hybridized carbons (Fsp3) is 0.400. The van der Waals surface area contributed by atoms with Crippen molar-refractivity contribution in [2.24, 2.45) is 11.7 Å². The standard InChI is InChI=1S/C20H24N2O2.ClH/c21-11-17-13-22(14-18(17)16-4-2-1-3-5-16)12-15-6-7-19-20(10-15)24-9-8-23-19;/h1-7,10,17-18H,8-9,11-14,21H2;1H/t17-,18+;/m1./s1. The minimum Gasteiger partial charge on any atom is -0.486 e. The van der Waals surface area contributed by atoms with E-state index in [1.165, 1.54) is 11.1 Å². The van der Waals surface area contributed by atoms with Crippen LogP contribution < -0.4 is 15.2 Å². The summed E-state index contributed by atoms with van der Waals surface area (Å²) in [6, 6.07) is 17.0. The molecule has 0 unspecified atom stereocenters. The van der Waals surface area contributed by atoms with E-state index in [0.717, 1.165) is 37.7 Å². The molecule has 4 nitrogen and oxygen atoms in total. The van der Waals surface area contributed by atoms with Crippen molar-refractivity contribution in [1.82, 2.24) is 4.90 Å². The molecule has 0 bridgehead atoms. The second-order valence-corrected chi connectivity index (χ2v) is 6.69. The maximum Gasteiger partial charge on any atom is 0.161 e. The molecule has 134 valence electrons.